The number of nitrogens with zero attached hydrogens (tertiary/aromatic N) is 2. The Balaban J connectivity index is 1.49. The zero-order valence-electron chi connectivity index (χ0n) is 15.9. The number of thioether (sulfide) groups is 1. The standard InChI is InChI=1S/C21H19N5O2S/c1-12-10-17(14-6-4-3-5-7-14)26-21(22-12)29-13(2)19(27)23-15-8-9-16-18(11-15)25-20(28)24-16/h3-11,13H,1-2H3,(H,23,27)(H2,24,25,28)/t13-/m0/s1. The van der Waals surface area contributed by atoms with E-state index in [1.54, 1.807) is 18.2 Å². The van der Waals surface area contributed by atoms with Crippen LogP contribution in [0.5, 0.6) is 0 Å². The van der Waals surface area contributed by atoms with Crippen LogP contribution in [0.3, 0.4) is 0 Å². The van der Waals surface area contributed by atoms with E-state index in [0.29, 0.717) is 21.9 Å². The number of carbonyl (C=O) groups is 1. The fourth-order valence-corrected chi connectivity index (χ4v) is 3.75. The van der Waals surface area contributed by atoms with Gasteiger partial charge in [0.05, 0.1) is 22.0 Å². The Morgan fingerprint density at radius 3 is 2.59 bits per heavy atom. The number of imidazole rings is 1. The highest BCUT2D eigenvalue weighted by molar-refractivity contribution is 8.00. The normalized spacial score (nSPS) is 12.1. The number of H-pyrrole nitrogens is 2. The maximum absolute atomic E-state index is 12.6. The summed E-state index contributed by atoms with van der Waals surface area (Å²) in [5, 5.41) is 3.02. The lowest BCUT2D eigenvalue weighted by atomic mass is 10.1. The summed E-state index contributed by atoms with van der Waals surface area (Å²) in [6.07, 6.45) is 0. The van der Waals surface area contributed by atoms with Gasteiger partial charge in [-0.05, 0) is 38.1 Å². The summed E-state index contributed by atoms with van der Waals surface area (Å²) in [6, 6.07) is 17.0. The number of rotatable bonds is 5. The van der Waals surface area contributed by atoms with Gasteiger partial charge in [0.2, 0.25) is 5.91 Å². The van der Waals surface area contributed by atoms with Gasteiger partial charge >= 0.3 is 5.69 Å². The van der Waals surface area contributed by atoms with Crippen molar-refractivity contribution in [3.8, 4) is 11.3 Å². The largest absolute Gasteiger partial charge is 0.325 e. The molecule has 0 aliphatic heterocycles. The van der Waals surface area contributed by atoms with E-state index in [4.69, 9.17) is 0 Å². The Labute approximate surface area is 171 Å². The van der Waals surface area contributed by atoms with Gasteiger partial charge in [0.25, 0.3) is 0 Å². The van der Waals surface area contributed by atoms with E-state index in [1.807, 2.05) is 50.2 Å². The molecule has 0 saturated heterocycles. The number of nitrogens with one attached hydrogen (secondary N) is 3. The number of hydrogen-bond donors (Lipinski definition) is 3. The Morgan fingerprint density at radius 1 is 1.03 bits per heavy atom. The number of benzene rings is 2. The van der Waals surface area contributed by atoms with Crippen molar-refractivity contribution in [3.63, 3.8) is 0 Å². The molecule has 3 N–H and O–H groups in total. The molecule has 2 aromatic heterocycles. The highest BCUT2D eigenvalue weighted by Crippen LogP contribution is 2.25. The molecule has 0 aliphatic carbocycles. The van der Waals surface area contributed by atoms with Crippen LogP contribution in [0.25, 0.3) is 22.3 Å². The van der Waals surface area contributed by atoms with E-state index < -0.39 is 5.25 Å². The zero-order chi connectivity index (χ0) is 20.4. The molecule has 0 saturated carbocycles. The van der Waals surface area contributed by atoms with Crippen LogP contribution in [0.1, 0.15) is 12.6 Å². The van der Waals surface area contributed by atoms with Crippen molar-refractivity contribution in [1.82, 2.24) is 19.9 Å². The van der Waals surface area contributed by atoms with Crippen molar-refractivity contribution < 1.29 is 4.79 Å². The van der Waals surface area contributed by atoms with Gasteiger partial charge in [0.15, 0.2) is 5.16 Å². The van der Waals surface area contributed by atoms with Crippen LogP contribution in [0.2, 0.25) is 0 Å². The molecule has 1 amide bonds. The van der Waals surface area contributed by atoms with E-state index in [1.165, 1.54) is 11.8 Å². The molecule has 146 valence electrons. The Morgan fingerprint density at radius 2 is 1.79 bits per heavy atom. The molecule has 0 radical (unpaired) electrons. The summed E-state index contributed by atoms with van der Waals surface area (Å²) in [5.74, 6) is -0.168. The van der Waals surface area contributed by atoms with Crippen molar-refractivity contribution in [1.29, 1.82) is 0 Å². The van der Waals surface area contributed by atoms with Gasteiger partial charge < -0.3 is 15.3 Å². The summed E-state index contributed by atoms with van der Waals surface area (Å²) in [7, 11) is 0. The first-order valence-corrected chi connectivity index (χ1v) is 9.96. The quantitative estimate of drug-likeness (QED) is 0.347. The van der Waals surface area contributed by atoms with Crippen LogP contribution < -0.4 is 11.0 Å². The van der Waals surface area contributed by atoms with Gasteiger partial charge in [0.1, 0.15) is 0 Å². The molecule has 8 heteroatoms. The van der Waals surface area contributed by atoms with Gasteiger partial charge in [-0.15, -0.1) is 0 Å². The Bertz CT molecular complexity index is 1230. The number of fused-ring (bicyclic) bond motifs is 1. The van der Waals surface area contributed by atoms with Crippen LogP contribution in [-0.2, 0) is 4.79 Å². The van der Waals surface area contributed by atoms with Crippen LogP contribution in [0.15, 0.2) is 64.5 Å². The third kappa shape index (κ3) is 4.38. The van der Waals surface area contributed by atoms with Crippen molar-refractivity contribution in [2.45, 2.75) is 24.3 Å². The number of amides is 1. The third-order valence-electron chi connectivity index (χ3n) is 4.34. The van der Waals surface area contributed by atoms with E-state index in [0.717, 1.165) is 17.0 Å². The second-order valence-corrected chi connectivity index (χ2v) is 7.94. The molecule has 0 bridgehead atoms. The summed E-state index contributed by atoms with van der Waals surface area (Å²) in [4.78, 5) is 38.4. The predicted octanol–water partition coefficient (Wildman–Crippen LogP) is 3.74. The number of carbonyl (C=O) groups excluding carboxylic acids is 1. The number of hydrogen-bond acceptors (Lipinski definition) is 5. The molecule has 1 atom stereocenters. The number of aromatic amines is 2. The summed E-state index contributed by atoms with van der Waals surface area (Å²) >= 11 is 1.30. The topological polar surface area (TPSA) is 104 Å². The minimum absolute atomic E-state index is 0.168. The smallest absolute Gasteiger partial charge is 0.323 e. The summed E-state index contributed by atoms with van der Waals surface area (Å²) < 4.78 is 0. The highest BCUT2D eigenvalue weighted by atomic mass is 32.2. The molecule has 0 aliphatic rings. The monoisotopic (exact) mass is 405 g/mol. The van der Waals surface area contributed by atoms with Gasteiger partial charge in [-0.1, -0.05) is 42.1 Å². The first-order chi connectivity index (χ1) is 14.0. The second kappa shape index (κ2) is 7.92. The van der Waals surface area contributed by atoms with E-state index in [9.17, 15) is 9.59 Å². The second-order valence-electron chi connectivity index (χ2n) is 6.63. The Hall–Kier alpha value is -3.39. The first kappa shape index (κ1) is 18.9. The molecular weight excluding hydrogens is 386 g/mol. The van der Waals surface area contributed by atoms with Crippen molar-refractivity contribution >= 4 is 34.4 Å². The number of aryl methyl sites for hydroxylation is 1. The van der Waals surface area contributed by atoms with Crippen LogP contribution in [-0.4, -0.2) is 31.1 Å². The van der Waals surface area contributed by atoms with Crippen molar-refractivity contribution in [3.05, 3.63) is 70.8 Å². The summed E-state index contributed by atoms with van der Waals surface area (Å²) in [6.45, 7) is 3.72. The van der Waals surface area contributed by atoms with Gasteiger partial charge in [-0.2, -0.15) is 0 Å². The molecule has 0 fully saturated rings. The lowest BCUT2D eigenvalue weighted by Gasteiger charge is -2.12. The molecule has 7 nitrogen and oxygen atoms in total. The van der Waals surface area contributed by atoms with Gasteiger partial charge in [0, 0.05) is 16.9 Å². The van der Waals surface area contributed by atoms with Crippen molar-refractivity contribution in [2.24, 2.45) is 0 Å². The van der Waals surface area contributed by atoms with E-state index >= 15 is 0 Å². The fraction of sp³-hybridized carbons (Fsp3) is 0.143. The lowest BCUT2D eigenvalue weighted by molar-refractivity contribution is -0.115. The molecule has 2 heterocycles. The van der Waals surface area contributed by atoms with Crippen LogP contribution in [0.4, 0.5) is 5.69 Å². The maximum atomic E-state index is 12.6. The van der Waals surface area contributed by atoms with Gasteiger partial charge in [-0.3, -0.25) is 4.79 Å². The number of aromatic nitrogens is 4. The minimum Gasteiger partial charge on any atom is -0.325 e. The highest BCUT2D eigenvalue weighted by Gasteiger charge is 2.17. The van der Waals surface area contributed by atoms with Crippen molar-refractivity contribution in [2.75, 3.05) is 5.32 Å². The molecule has 2 aromatic carbocycles. The molecule has 0 unspecified atom stereocenters. The van der Waals surface area contributed by atoms with Crippen LogP contribution >= 0.6 is 11.8 Å². The average Bonchev–Trinajstić information content (AvgIpc) is 3.07. The lowest BCUT2D eigenvalue weighted by Crippen LogP contribution is -2.22. The fourth-order valence-electron chi connectivity index (χ4n) is 2.92. The molecule has 0 spiro atoms. The molecule has 29 heavy (non-hydrogen) atoms. The van der Waals surface area contributed by atoms with Crippen LogP contribution in [0, 0.1) is 6.92 Å². The molecule has 4 rings (SSSR count). The third-order valence-corrected chi connectivity index (χ3v) is 5.30. The van der Waals surface area contributed by atoms with E-state index in [2.05, 4.69) is 25.3 Å². The predicted molar refractivity (Wildman–Crippen MR) is 115 cm³/mol. The molecular formula is C21H19N5O2S. The minimum atomic E-state index is -0.401. The summed E-state index contributed by atoms with van der Waals surface area (Å²) in [5.41, 5.74) is 4.34. The molecule has 4 aromatic rings. The maximum Gasteiger partial charge on any atom is 0.323 e. The average molecular weight is 405 g/mol. The van der Waals surface area contributed by atoms with E-state index in [-0.39, 0.29) is 11.6 Å². The zero-order valence-corrected chi connectivity index (χ0v) is 16.7. The van der Waals surface area contributed by atoms with Gasteiger partial charge in [-0.25, -0.2) is 14.8 Å². The number of anilines is 1. The SMILES string of the molecule is Cc1cc(-c2ccccc2)nc(S[C@@H](C)C(=O)Nc2ccc3[nH]c(=O)[nH]c3c2)n1. The Kier molecular flexibility index (Phi) is 5.18. The first-order valence-electron chi connectivity index (χ1n) is 9.08.